The smallest absolute Gasteiger partial charge is 0.129 e. The van der Waals surface area contributed by atoms with Gasteiger partial charge in [0.25, 0.3) is 0 Å². The summed E-state index contributed by atoms with van der Waals surface area (Å²) in [7, 11) is 0. The molecule has 0 bridgehead atoms. The first-order valence-corrected chi connectivity index (χ1v) is 6.99. The highest BCUT2D eigenvalue weighted by Gasteiger charge is 2.23. The van der Waals surface area contributed by atoms with Crippen LogP contribution in [-0.2, 0) is 5.60 Å². The molecule has 2 unspecified atom stereocenters. The van der Waals surface area contributed by atoms with Crippen molar-refractivity contribution in [1.82, 2.24) is 10.3 Å². The van der Waals surface area contributed by atoms with Crippen LogP contribution in [0.1, 0.15) is 31.0 Å². The fraction of sp³-hybridized carbons (Fsp3) is 0.312. The van der Waals surface area contributed by atoms with Gasteiger partial charge < -0.3 is 10.4 Å². The minimum atomic E-state index is -0.910. The predicted octanol–water partition coefficient (Wildman–Crippen LogP) is 3.29. The quantitative estimate of drug-likeness (QED) is 0.831. The zero-order valence-corrected chi connectivity index (χ0v) is 12.4. The van der Waals surface area contributed by atoms with Gasteiger partial charge in [0, 0.05) is 18.8 Å². The Bertz CT molecular complexity index is 557. The number of pyridine rings is 1. The molecular formula is C16H19ClN2O. The number of benzene rings is 1. The lowest BCUT2D eigenvalue weighted by atomic mass is 9.95. The van der Waals surface area contributed by atoms with E-state index >= 15 is 0 Å². The number of aromatic nitrogens is 1. The zero-order chi connectivity index (χ0) is 14.6. The molecule has 2 N–H and O–H groups in total. The van der Waals surface area contributed by atoms with Gasteiger partial charge in [0.2, 0.25) is 0 Å². The van der Waals surface area contributed by atoms with Crippen LogP contribution in [0.2, 0.25) is 5.15 Å². The van der Waals surface area contributed by atoms with Gasteiger partial charge in [-0.25, -0.2) is 4.98 Å². The number of nitrogens with zero attached hydrogens (tertiary/aromatic N) is 1. The molecule has 2 aromatic rings. The fourth-order valence-corrected chi connectivity index (χ4v) is 2.24. The zero-order valence-electron chi connectivity index (χ0n) is 11.7. The molecule has 1 aromatic heterocycles. The van der Waals surface area contributed by atoms with Gasteiger partial charge in [0.05, 0.1) is 5.60 Å². The van der Waals surface area contributed by atoms with Crippen LogP contribution in [0.15, 0.2) is 48.7 Å². The molecular weight excluding hydrogens is 272 g/mol. The first-order valence-electron chi connectivity index (χ1n) is 6.62. The Morgan fingerprint density at radius 2 is 2.00 bits per heavy atom. The minimum Gasteiger partial charge on any atom is -0.384 e. The van der Waals surface area contributed by atoms with Crippen molar-refractivity contribution in [3.8, 4) is 0 Å². The second-order valence-electron chi connectivity index (χ2n) is 5.15. The molecule has 0 saturated heterocycles. The maximum atomic E-state index is 10.5. The molecule has 1 heterocycles. The van der Waals surface area contributed by atoms with Gasteiger partial charge in [-0.05, 0) is 37.1 Å². The van der Waals surface area contributed by atoms with E-state index in [9.17, 15) is 5.11 Å². The number of halogens is 1. The molecule has 4 heteroatoms. The number of rotatable bonds is 5. The summed E-state index contributed by atoms with van der Waals surface area (Å²) in [6.07, 6.45) is 1.69. The van der Waals surface area contributed by atoms with Gasteiger partial charge >= 0.3 is 0 Å². The Labute approximate surface area is 124 Å². The van der Waals surface area contributed by atoms with Crippen LogP contribution in [0.4, 0.5) is 0 Å². The molecule has 0 aliphatic heterocycles. The summed E-state index contributed by atoms with van der Waals surface area (Å²) in [5.41, 5.74) is 1.04. The molecule has 1 aromatic carbocycles. The average molecular weight is 291 g/mol. The molecule has 0 aliphatic carbocycles. The summed E-state index contributed by atoms with van der Waals surface area (Å²) in [5.74, 6) is 0. The second-order valence-corrected chi connectivity index (χ2v) is 5.54. The molecule has 0 aliphatic rings. The van der Waals surface area contributed by atoms with Crippen molar-refractivity contribution in [2.45, 2.75) is 25.5 Å². The number of hydrogen-bond donors (Lipinski definition) is 2. The van der Waals surface area contributed by atoms with E-state index in [0.29, 0.717) is 11.7 Å². The summed E-state index contributed by atoms with van der Waals surface area (Å²) in [5, 5.41) is 14.3. The third kappa shape index (κ3) is 3.79. The van der Waals surface area contributed by atoms with E-state index in [2.05, 4.69) is 10.3 Å². The maximum absolute atomic E-state index is 10.5. The van der Waals surface area contributed by atoms with Crippen molar-refractivity contribution < 1.29 is 5.11 Å². The highest BCUT2D eigenvalue weighted by atomic mass is 35.5. The summed E-state index contributed by atoms with van der Waals surface area (Å²) in [6, 6.07) is 13.5. The Kier molecular flexibility index (Phi) is 4.76. The molecule has 2 atom stereocenters. The van der Waals surface area contributed by atoms with Crippen LogP contribution in [0.5, 0.6) is 0 Å². The lowest BCUT2D eigenvalue weighted by Crippen LogP contribution is -2.36. The average Bonchev–Trinajstić information content (AvgIpc) is 2.46. The molecule has 0 amide bonds. The van der Waals surface area contributed by atoms with E-state index in [4.69, 9.17) is 11.6 Å². The van der Waals surface area contributed by atoms with Crippen molar-refractivity contribution in [2.75, 3.05) is 6.54 Å². The number of aliphatic hydroxyl groups is 1. The van der Waals surface area contributed by atoms with Crippen molar-refractivity contribution >= 4 is 11.6 Å². The topological polar surface area (TPSA) is 45.1 Å². The van der Waals surface area contributed by atoms with E-state index in [-0.39, 0.29) is 6.04 Å². The van der Waals surface area contributed by atoms with Crippen LogP contribution in [0.25, 0.3) is 0 Å². The Hall–Kier alpha value is -1.42. The van der Waals surface area contributed by atoms with E-state index < -0.39 is 5.60 Å². The molecule has 0 radical (unpaired) electrons. The van der Waals surface area contributed by atoms with Crippen LogP contribution in [0, 0.1) is 0 Å². The van der Waals surface area contributed by atoms with E-state index in [1.807, 2.05) is 56.3 Å². The van der Waals surface area contributed by atoms with Crippen molar-refractivity contribution in [2.24, 2.45) is 0 Å². The van der Waals surface area contributed by atoms with Gasteiger partial charge in [-0.15, -0.1) is 0 Å². The Morgan fingerprint density at radius 3 is 2.65 bits per heavy atom. The highest BCUT2D eigenvalue weighted by Crippen LogP contribution is 2.21. The maximum Gasteiger partial charge on any atom is 0.129 e. The standard InChI is InChI=1S/C16H19ClN2O/c1-12(13-8-9-18-15(17)10-13)19-11-16(2,20)14-6-4-3-5-7-14/h3-10,12,19-20H,11H2,1-2H3. The van der Waals surface area contributed by atoms with Gasteiger partial charge in [-0.3, -0.25) is 0 Å². The van der Waals surface area contributed by atoms with Crippen LogP contribution < -0.4 is 5.32 Å². The third-order valence-electron chi connectivity index (χ3n) is 3.40. The predicted molar refractivity (Wildman–Crippen MR) is 81.7 cm³/mol. The van der Waals surface area contributed by atoms with Gasteiger partial charge in [-0.2, -0.15) is 0 Å². The molecule has 106 valence electrons. The third-order valence-corrected chi connectivity index (χ3v) is 3.61. The summed E-state index contributed by atoms with van der Waals surface area (Å²) in [6.45, 7) is 4.30. The van der Waals surface area contributed by atoms with Crippen LogP contribution >= 0.6 is 11.6 Å². The van der Waals surface area contributed by atoms with Crippen molar-refractivity contribution in [3.63, 3.8) is 0 Å². The molecule has 0 fully saturated rings. The molecule has 0 spiro atoms. The largest absolute Gasteiger partial charge is 0.384 e. The Morgan fingerprint density at radius 1 is 1.30 bits per heavy atom. The monoisotopic (exact) mass is 290 g/mol. The summed E-state index contributed by atoms with van der Waals surface area (Å²) < 4.78 is 0. The van der Waals surface area contributed by atoms with E-state index in [0.717, 1.165) is 11.1 Å². The van der Waals surface area contributed by atoms with Crippen molar-refractivity contribution in [3.05, 3.63) is 64.9 Å². The van der Waals surface area contributed by atoms with Gasteiger partial charge in [0.15, 0.2) is 0 Å². The molecule has 3 nitrogen and oxygen atoms in total. The molecule has 0 saturated carbocycles. The fourth-order valence-electron chi connectivity index (χ4n) is 2.06. The SMILES string of the molecule is CC(NCC(C)(O)c1ccccc1)c1ccnc(Cl)c1. The summed E-state index contributed by atoms with van der Waals surface area (Å²) in [4.78, 5) is 3.97. The first-order chi connectivity index (χ1) is 9.49. The minimum absolute atomic E-state index is 0.0886. The van der Waals surface area contributed by atoms with Crippen LogP contribution in [0.3, 0.4) is 0 Å². The number of hydrogen-bond acceptors (Lipinski definition) is 3. The first kappa shape index (κ1) is 15.0. The van der Waals surface area contributed by atoms with Gasteiger partial charge in [0.1, 0.15) is 5.15 Å². The van der Waals surface area contributed by atoms with Crippen LogP contribution in [-0.4, -0.2) is 16.6 Å². The highest BCUT2D eigenvalue weighted by molar-refractivity contribution is 6.29. The molecule has 2 rings (SSSR count). The molecule has 20 heavy (non-hydrogen) atoms. The number of nitrogens with one attached hydrogen (secondary N) is 1. The normalized spacial score (nSPS) is 15.6. The second kappa shape index (κ2) is 6.35. The summed E-state index contributed by atoms with van der Waals surface area (Å²) >= 11 is 5.89. The van der Waals surface area contributed by atoms with E-state index in [1.54, 1.807) is 6.20 Å². The Balaban J connectivity index is 2.01. The van der Waals surface area contributed by atoms with Crippen molar-refractivity contribution in [1.29, 1.82) is 0 Å². The van der Waals surface area contributed by atoms with E-state index in [1.165, 1.54) is 0 Å². The lowest BCUT2D eigenvalue weighted by molar-refractivity contribution is 0.0543. The van der Waals surface area contributed by atoms with Gasteiger partial charge in [-0.1, -0.05) is 41.9 Å². The lowest BCUT2D eigenvalue weighted by Gasteiger charge is -2.26.